The highest BCUT2D eigenvalue weighted by molar-refractivity contribution is 7.98. The number of rotatable bonds is 5. The number of nitrogens with two attached hydrogens (primary N) is 1. The maximum Gasteiger partial charge on any atom is 0.0658 e. The first-order chi connectivity index (χ1) is 7.17. The number of benzene rings is 1. The predicted molar refractivity (Wildman–Crippen MR) is 71.9 cm³/mol. The topological polar surface area (TPSA) is 38.0 Å². The van der Waals surface area contributed by atoms with Crippen LogP contribution < -0.4 is 11.1 Å². The van der Waals surface area contributed by atoms with Gasteiger partial charge in [-0.05, 0) is 30.9 Å². The van der Waals surface area contributed by atoms with Crippen LogP contribution in [0.25, 0.3) is 0 Å². The second-order valence-electron chi connectivity index (χ2n) is 3.44. The highest BCUT2D eigenvalue weighted by atomic mass is 35.5. The molecule has 0 saturated carbocycles. The summed E-state index contributed by atoms with van der Waals surface area (Å²) in [5.74, 6) is 1.08. The molecule has 0 saturated heterocycles. The summed E-state index contributed by atoms with van der Waals surface area (Å²) >= 11 is 7.91. The Kier molecular flexibility index (Phi) is 5.12. The van der Waals surface area contributed by atoms with Crippen molar-refractivity contribution in [2.24, 2.45) is 0 Å². The molecule has 0 radical (unpaired) electrons. The van der Waals surface area contributed by atoms with Gasteiger partial charge in [0.2, 0.25) is 0 Å². The van der Waals surface area contributed by atoms with Crippen LogP contribution in [0.2, 0.25) is 5.02 Å². The van der Waals surface area contributed by atoms with Crippen LogP contribution in [0.15, 0.2) is 18.2 Å². The summed E-state index contributed by atoms with van der Waals surface area (Å²) < 4.78 is 0. The zero-order valence-electron chi connectivity index (χ0n) is 9.09. The molecule has 1 unspecified atom stereocenters. The Balaban J connectivity index is 2.70. The predicted octanol–water partition coefficient (Wildman–Crippen LogP) is 3.48. The fourth-order valence-electron chi connectivity index (χ4n) is 1.33. The molecule has 4 heteroatoms. The van der Waals surface area contributed by atoms with Crippen LogP contribution >= 0.6 is 23.4 Å². The normalized spacial score (nSPS) is 12.5. The van der Waals surface area contributed by atoms with Crippen LogP contribution in [0, 0.1) is 0 Å². The molecule has 1 rings (SSSR count). The first-order valence-corrected chi connectivity index (χ1v) is 6.75. The molecule has 1 atom stereocenters. The Bertz CT molecular complexity index is 317. The number of anilines is 2. The molecule has 0 aliphatic carbocycles. The highest BCUT2D eigenvalue weighted by Crippen LogP contribution is 2.25. The quantitative estimate of drug-likeness (QED) is 0.779. The first-order valence-electron chi connectivity index (χ1n) is 4.97. The van der Waals surface area contributed by atoms with Crippen molar-refractivity contribution in [3.8, 4) is 0 Å². The molecule has 0 aliphatic heterocycles. The van der Waals surface area contributed by atoms with E-state index in [1.165, 1.54) is 0 Å². The van der Waals surface area contributed by atoms with Gasteiger partial charge < -0.3 is 11.1 Å². The minimum Gasteiger partial charge on any atom is -0.399 e. The lowest BCUT2D eigenvalue weighted by atomic mass is 10.2. The summed E-state index contributed by atoms with van der Waals surface area (Å²) in [6.07, 6.45) is 3.19. The Morgan fingerprint density at radius 2 is 2.27 bits per heavy atom. The third-order valence-electron chi connectivity index (χ3n) is 2.21. The zero-order chi connectivity index (χ0) is 11.3. The van der Waals surface area contributed by atoms with E-state index in [9.17, 15) is 0 Å². The first kappa shape index (κ1) is 12.5. The maximum atomic E-state index is 6.08. The van der Waals surface area contributed by atoms with E-state index in [0.717, 1.165) is 17.9 Å². The molecule has 0 heterocycles. The molecule has 84 valence electrons. The smallest absolute Gasteiger partial charge is 0.0658 e. The Morgan fingerprint density at radius 1 is 1.53 bits per heavy atom. The van der Waals surface area contributed by atoms with Gasteiger partial charge in [-0.1, -0.05) is 18.5 Å². The van der Waals surface area contributed by atoms with Crippen molar-refractivity contribution in [1.82, 2.24) is 0 Å². The molecule has 0 aliphatic rings. The van der Waals surface area contributed by atoms with Gasteiger partial charge in [0.05, 0.1) is 10.7 Å². The van der Waals surface area contributed by atoms with Crippen molar-refractivity contribution < 1.29 is 0 Å². The summed E-state index contributed by atoms with van der Waals surface area (Å²) in [6.45, 7) is 2.17. The maximum absolute atomic E-state index is 6.08. The fourth-order valence-corrected chi connectivity index (χ4v) is 2.30. The van der Waals surface area contributed by atoms with E-state index < -0.39 is 0 Å². The summed E-state index contributed by atoms with van der Waals surface area (Å²) in [4.78, 5) is 0. The molecule has 15 heavy (non-hydrogen) atoms. The van der Waals surface area contributed by atoms with Crippen molar-refractivity contribution in [1.29, 1.82) is 0 Å². The van der Waals surface area contributed by atoms with E-state index in [2.05, 4.69) is 18.5 Å². The molecule has 0 bridgehead atoms. The minimum absolute atomic E-state index is 0.459. The summed E-state index contributed by atoms with van der Waals surface area (Å²) in [6, 6.07) is 6.03. The Hall–Kier alpha value is -0.540. The van der Waals surface area contributed by atoms with Gasteiger partial charge in [-0.2, -0.15) is 11.8 Å². The number of hydrogen-bond donors (Lipinski definition) is 2. The average Bonchev–Trinajstić information content (AvgIpc) is 2.21. The van der Waals surface area contributed by atoms with E-state index in [0.29, 0.717) is 16.8 Å². The summed E-state index contributed by atoms with van der Waals surface area (Å²) in [5, 5.41) is 4.11. The zero-order valence-corrected chi connectivity index (χ0v) is 10.7. The summed E-state index contributed by atoms with van der Waals surface area (Å²) in [7, 11) is 0. The Morgan fingerprint density at radius 3 is 2.80 bits per heavy atom. The molecule has 2 nitrogen and oxygen atoms in total. The number of thioether (sulfide) groups is 1. The third kappa shape index (κ3) is 3.84. The molecule has 0 fully saturated rings. The third-order valence-corrected chi connectivity index (χ3v) is 3.26. The lowest BCUT2D eigenvalue weighted by molar-refractivity contribution is 0.775. The van der Waals surface area contributed by atoms with Gasteiger partial charge in [-0.3, -0.25) is 0 Å². The monoisotopic (exact) mass is 244 g/mol. The number of hydrogen-bond acceptors (Lipinski definition) is 3. The van der Waals surface area contributed by atoms with E-state index in [-0.39, 0.29) is 0 Å². The largest absolute Gasteiger partial charge is 0.399 e. The van der Waals surface area contributed by atoms with Crippen molar-refractivity contribution in [2.45, 2.75) is 19.4 Å². The van der Waals surface area contributed by atoms with Gasteiger partial charge in [-0.15, -0.1) is 0 Å². The van der Waals surface area contributed by atoms with Gasteiger partial charge in [0.1, 0.15) is 0 Å². The van der Waals surface area contributed by atoms with Crippen molar-refractivity contribution >= 4 is 34.7 Å². The molecule has 1 aromatic rings. The Labute approximate surface area is 101 Å². The summed E-state index contributed by atoms with van der Waals surface area (Å²) in [5.41, 5.74) is 7.30. The molecule has 3 N–H and O–H groups in total. The van der Waals surface area contributed by atoms with Gasteiger partial charge in [0.25, 0.3) is 0 Å². The second kappa shape index (κ2) is 6.13. The van der Waals surface area contributed by atoms with Gasteiger partial charge >= 0.3 is 0 Å². The van der Waals surface area contributed by atoms with E-state index >= 15 is 0 Å². The molecule has 0 amide bonds. The fraction of sp³-hybridized carbons (Fsp3) is 0.455. The van der Waals surface area contributed by atoms with Crippen LogP contribution in [-0.4, -0.2) is 18.1 Å². The lowest BCUT2D eigenvalue weighted by Gasteiger charge is -2.18. The average molecular weight is 245 g/mol. The minimum atomic E-state index is 0.459. The number of halogens is 1. The van der Waals surface area contributed by atoms with Crippen LogP contribution in [-0.2, 0) is 0 Å². The van der Waals surface area contributed by atoms with Crippen molar-refractivity contribution in [2.75, 3.05) is 23.1 Å². The van der Waals surface area contributed by atoms with Crippen LogP contribution in [0.4, 0.5) is 11.4 Å². The SMILES string of the molecule is CCC(CSC)Nc1ccc(N)cc1Cl. The molecule has 0 spiro atoms. The van der Waals surface area contributed by atoms with Crippen LogP contribution in [0.1, 0.15) is 13.3 Å². The van der Waals surface area contributed by atoms with Gasteiger partial charge in [0.15, 0.2) is 0 Å². The van der Waals surface area contributed by atoms with E-state index in [1.54, 1.807) is 6.07 Å². The lowest BCUT2D eigenvalue weighted by Crippen LogP contribution is -2.21. The molecular weight excluding hydrogens is 228 g/mol. The molecule has 1 aromatic carbocycles. The van der Waals surface area contributed by atoms with Crippen LogP contribution in [0.3, 0.4) is 0 Å². The van der Waals surface area contributed by atoms with Crippen molar-refractivity contribution in [3.63, 3.8) is 0 Å². The molecule has 0 aromatic heterocycles. The van der Waals surface area contributed by atoms with Crippen molar-refractivity contribution in [3.05, 3.63) is 23.2 Å². The second-order valence-corrected chi connectivity index (χ2v) is 4.76. The highest BCUT2D eigenvalue weighted by Gasteiger charge is 2.07. The number of nitrogen functional groups attached to an aromatic ring is 1. The van der Waals surface area contributed by atoms with Gasteiger partial charge in [-0.25, -0.2) is 0 Å². The van der Waals surface area contributed by atoms with Gasteiger partial charge in [0, 0.05) is 17.5 Å². The van der Waals surface area contributed by atoms with E-state index in [1.807, 2.05) is 23.9 Å². The molecular formula is C11H17ClN2S. The standard InChI is InChI=1S/C11H17ClN2S/c1-3-9(7-15-2)14-11-5-4-8(13)6-10(11)12/h4-6,9,14H,3,7,13H2,1-2H3. The van der Waals surface area contributed by atoms with Crippen LogP contribution in [0.5, 0.6) is 0 Å². The number of nitrogens with one attached hydrogen (secondary N) is 1. The van der Waals surface area contributed by atoms with E-state index in [4.69, 9.17) is 17.3 Å².